The Morgan fingerprint density at radius 1 is 1.40 bits per heavy atom. The van der Waals surface area contributed by atoms with Crippen LogP contribution in [0.2, 0.25) is 0 Å². The van der Waals surface area contributed by atoms with Gasteiger partial charge in [-0.1, -0.05) is 0 Å². The van der Waals surface area contributed by atoms with Gasteiger partial charge in [-0.15, -0.1) is 0 Å². The predicted molar refractivity (Wildman–Crippen MR) is 66.8 cm³/mol. The summed E-state index contributed by atoms with van der Waals surface area (Å²) in [5.74, 6) is 0. The van der Waals surface area contributed by atoms with Crippen LogP contribution in [0, 0.1) is 0 Å². The van der Waals surface area contributed by atoms with Gasteiger partial charge in [0.15, 0.2) is 0 Å². The highest BCUT2D eigenvalue weighted by atomic mass is 79.9. The van der Waals surface area contributed by atoms with Crippen molar-refractivity contribution in [2.24, 2.45) is 0 Å². The Kier molecular flexibility index (Phi) is 2.26. The van der Waals surface area contributed by atoms with Gasteiger partial charge in [-0.2, -0.15) is 0 Å². The summed E-state index contributed by atoms with van der Waals surface area (Å²) in [5.41, 5.74) is 7.62. The fourth-order valence-electron chi connectivity index (χ4n) is 1.64. The van der Waals surface area contributed by atoms with Gasteiger partial charge in [0, 0.05) is 28.1 Å². The van der Waals surface area contributed by atoms with E-state index in [9.17, 15) is 0 Å². The van der Waals surface area contributed by atoms with E-state index in [0.717, 1.165) is 21.2 Å². The van der Waals surface area contributed by atoms with Gasteiger partial charge in [0.1, 0.15) is 5.65 Å². The van der Waals surface area contributed by atoms with Gasteiger partial charge in [0.25, 0.3) is 0 Å². The minimum absolute atomic E-state index is 0.00502. The van der Waals surface area contributed by atoms with Crippen molar-refractivity contribution in [3.63, 3.8) is 0 Å². The third kappa shape index (κ3) is 1.63. The fourth-order valence-corrected chi connectivity index (χ4v) is 2.25. The first-order valence-corrected chi connectivity index (χ1v) is 5.62. The quantitative estimate of drug-likeness (QED) is 0.797. The van der Waals surface area contributed by atoms with Crippen LogP contribution < -0.4 is 5.73 Å². The lowest BCUT2D eigenvalue weighted by Gasteiger charge is -2.21. The molecule has 0 atom stereocenters. The first kappa shape index (κ1) is 10.5. The maximum Gasteiger partial charge on any atom is 0.143 e. The standard InChI is InChI=1S/C11H14BrN3/c1-11(2,3)15-6-7(12)9-8(13)4-5-14-10(9)15/h4-6H,1-3H3,(H2,13,14). The molecular formula is C11H14BrN3. The highest BCUT2D eigenvalue weighted by Crippen LogP contribution is 2.32. The average Bonchev–Trinajstić information content (AvgIpc) is 2.44. The van der Waals surface area contributed by atoms with Crippen LogP contribution in [-0.4, -0.2) is 9.55 Å². The molecule has 3 nitrogen and oxygen atoms in total. The summed E-state index contributed by atoms with van der Waals surface area (Å²) in [7, 11) is 0. The normalized spacial score (nSPS) is 12.3. The van der Waals surface area contributed by atoms with Crippen molar-refractivity contribution in [3.05, 3.63) is 22.9 Å². The lowest BCUT2D eigenvalue weighted by Crippen LogP contribution is -2.20. The highest BCUT2D eigenvalue weighted by Gasteiger charge is 2.19. The Morgan fingerprint density at radius 3 is 2.67 bits per heavy atom. The minimum atomic E-state index is 0.00502. The number of hydrogen-bond donors (Lipinski definition) is 1. The largest absolute Gasteiger partial charge is 0.398 e. The minimum Gasteiger partial charge on any atom is -0.398 e. The molecule has 0 spiro atoms. The van der Waals surface area contributed by atoms with Crippen LogP contribution in [0.4, 0.5) is 5.69 Å². The van der Waals surface area contributed by atoms with Gasteiger partial charge >= 0.3 is 0 Å². The third-order valence-corrected chi connectivity index (χ3v) is 3.00. The number of hydrogen-bond acceptors (Lipinski definition) is 2. The molecule has 2 heterocycles. The molecule has 2 aromatic rings. The lowest BCUT2D eigenvalue weighted by molar-refractivity contribution is 0.408. The molecule has 2 aromatic heterocycles. The molecule has 0 radical (unpaired) electrons. The zero-order valence-electron chi connectivity index (χ0n) is 9.08. The second kappa shape index (κ2) is 3.23. The number of rotatable bonds is 0. The van der Waals surface area contributed by atoms with Crippen molar-refractivity contribution in [3.8, 4) is 0 Å². The van der Waals surface area contributed by atoms with Gasteiger partial charge in [-0.05, 0) is 42.8 Å². The van der Waals surface area contributed by atoms with E-state index in [2.05, 4.69) is 46.3 Å². The van der Waals surface area contributed by atoms with Gasteiger partial charge in [-0.25, -0.2) is 4.98 Å². The van der Waals surface area contributed by atoms with E-state index in [1.807, 2.05) is 12.3 Å². The first-order valence-electron chi connectivity index (χ1n) is 4.83. The van der Waals surface area contributed by atoms with Crippen LogP contribution in [0.25, 0.3) is 11.0 Å². The number of nitrogens with two attached hydrogens (primary N) is 1. The van der Waals surface area contributed by atoms with E-state index in [-0.39, 0.29) is 5.54 Å². The van der Waals surface area contributed by atoms with E-state index in [4.69, 9.17) is 5.73 Å². The summed E-state index contributed by atoms with van der Waals surface area (Å²) in [5, 5.41) is 0.993. The Bertz CT molecular complexity index is 508. The molecule has 80 valence electrons. The Balaban J connectivity index is 2.85. The molecule has 2 rings (SSSR count). The third-order valence-electron chi connectivity index (χ3n) is 2.40. The maximum absolute atomic E-state index is 5.93. The molecule has 0 saturated heterocycles. The molecule has 0 aromatic carbocycles. The van der Waals surface area contributed by atoms with Gasteiger partial charge < -0.3 is 10.3 Å². The number of aromatic nitrogens is 2. The maximum atomic E-state index is 5.93. The smallest absolute Gasteiger partial charge is 0.143 e. The number of anilines is 1. The molecule has 0 saturated carbocycles. The van der Waals surface area contributed by atoms with E-state index < -0.39 is 0 Å². The second-order valence-electron chi connectivity index (χ2n) is 4.62. The Hall–Kier alpha value is -1.03. The molecule has 0 aliphatic heterocycles. The van der Waals surface area contributed by atoms with E-state index >= 15 is 0 Å². The van der Waals surface area contributed by atoms with Crippen LogP contribution in [0.5, 0.6) is 0 Å². The van der Waals surface area contributed by atoms with Crippen molar-refractivity contribution in [1.82, 2.24) is 9.55 Å². The van der Waals surface area contributed by atoms with Crippen molar-refractivity contribution >= 4 is 32.7 Å². The molecule has 0 unspecified atom stereocenters. The number of nitrogens with zero attached hydrogens (tertiary/aromatic N) is 2. The second-order valence-corrected chi connectivity index (χ2v) is 5.47. The zero-order valence-corrected chi connectivity index (χ0v) is 10.7. The summed E-state index contributed by atoms with van der Waals surface area (Å²) in [4.78, 5) is 4.38. The molecule has 0 fully saturated rings. The zero-order chi connectivity index (χ0) is 11.2. The van der Waals surface area contributed by atoms with Crippen molar-refractivity contribution in [1.29, 1.82) is 0 Å². The molecule has 0 aliphatic carbocycles. The van der Waals surface area contributed by atoms with Crippen LogP contribution in [0.3, 0.4) is 0 Å². The first-order chi connectivity index (χ1) is 6.91. The molecule has 0 amide bonds. The SMILES string of the molecule is CC(C)(C)n1cc(Br)c2c(N)ccnc21. The lowest BCUT2D eigenvalue weighted by atomic mass is 10.1. The van der Waals surface area contributed by atoms with Crippen LogP contribution in [0.15, 0.2) is 22.9 Å². The molecule has 0 aliphatic rings. The molecule has 15 heavy (non-hydrogen) atoms. The summed E-state index contributed by atoms with van der Waals surface area (Å²) in [6, 6.07) is 1.82. The number of nitrogen functional groups attached to an aromatic ring is 1. The average molecular weight is 268 g/mol. The molecule has 4 heteroatoms. The van der Waals surface area contributed by atoms with Crippen LogP contribution in [0.1, 0.15) is 20.8 Å². The van der Waals surface area contributed by atoms with Gasteiger partial charge in [0.2, 0.25) is 0 Å². The number of fused-ring (bicyclic) bond motifs is 1. The van der Waals surface area contributed by atoms with E-state index in [0.29, 0.717) is 0 Å². The summed E-state index contributed by atoms with van der Waals surface area (Å²) in [6.07, 6.45) is 3.78. The van der Waals surface area contributed by atoms with Gasteiger partial charge in [-0.3, -0.25) is 0 Å². The fraction of sp³-hybridized carbons (Fsp3) is 0.364. The predicted octanol–water partition coefficient (Wildman–Crippen LogP) is 3.14. The summed E-state index contributed by atoms with van der Waals surface area (Å²) >= 11 is 3.52. The molecule has 0 bridgehead atoms. The summed E-state index contributed by atoms with van der Waals surface area (Å²) < 4.78 is 3.13. The number of halogens is 1. The molecular weight excluding hydrogens is 254 g/mol. The van der Waals surface area contributed by atoms with Crippen LogP contribution >= 0.6 is 15.9 Å². The summed E-state index contributed by atoms with van der Waals surface area (Å²) in [6.45, 7) is 6.43. The molecule has 2 N–H and O–H groups in total. The van der Waals surface area contributed by atoms with Crippen molar-refractivity contribution < 1.29 is 0 Å². The van der Waals surface area contributed by atoms with Gasteiger partial charge in [0.05, 0.1) is 5.39 Å². The monoisotopic (exact) mass is 267 g/mol. The Morgan fingerprint density at radius 2 is 2.07 bits per heavy atom. The van der Waals surface area contributed by atoms with Crippen molar-refractivity contribution in [2.45, 2.75) is 26.3 Å². The topological polar surface area (TPSA) is 43.8 Å². The van der Waals surface area contributed by atoms with Crippen LogP contribution in [-0.2, 0) is 5.54 Å². The Labute approximate surface area is 97.4 Å². The van der Waals surface area contributed by atoms with E-state index in [1.54, 1.807) is 6.20 Å². The highest BCUT2D eigenvalue weighted by molar-refractivity contribution is 9.10. The van der Waals surface area contributed by atoms with Crippen molar-refractivity contribution in [2.75, 3.05) is 5.73 Å². The number of pyridine rings is 1. The van der Waals surface area contributed by atoms with E-state index in [1.165, 1.54) is 0 Å².